The molecule has 0 aliphatic carbocycles. The number of hydrogen-bond acceptors (Lipinski definition) is 3. The van der Waals surface area contributed by atoms with Crippen molar-refractivity contribution in [3.05, 3.63) is 59.1 Å². The molecule has 1 saturated heterocycles. The van der Waals surface area contributed by atoms with Gasteiger partial charge in [-0.1, -0.05) is 35.9 Å². The summed E-state index contributed by atoms with van der Waals surface area (Å²) in [6, 6.07) is 14.4. The number of nitrogens with one attached hydrogen (secondary N) is 1. The number of para-hydroxylation sites is 1. The van der Waals surface area contributed by atoms with Gasteiger partial charge in [-0.05, 0) is 29.8 Å². The molecule has 1 atom stereocenters. The molecule has 1 aliphatic rings. The van der Waals surface area contributed by atoms with Crippen LogP contribution < -0.4 is 5.48 Å². The fourth-order valence-electron chi connectivity index (χ4n) is 2.03. The Morgan fingerprint density at radius 2 is 1.90 bits per heavy atom. The molecule has 2 N–H and O–H groups in total. The molecule has 4 nitrogen and oxygen atoms in total. The van der Waals surface area contributed by atoms with Crippen LogP contribution in [-0.2, 0) is 4.84 Å². The number of aromatic hydroxyl groups is 1. The van der Waals surface area contributed by atoms with Crippen LogP contribution in [0.5, 0.6) is 5.75 Å². The average Bonchev–Trinajstić information content (AvgIpc) is 2.91. The van der Waals surface area contributed by atoms with Gasteiger partial charge in [-0.3, -0.25) is 10.3 Å². The largest absolute Gasteiger partial charge is 0.508 e. The number of phenols is 1. The summed E-state index contributed by atoms with van der Waals surface area (Å²) in [6.07, 6.45) is 0.521. The zero-order valence-corrected chi connectivity index (χ0v) is 11.3. The lowest BCUT2D eigenvalue weighted by Crippen LogP contribution is -2.12. The molecular weight excluding hydrogens is 276 g/mol. The quantitative estimate of drug-likeness (QED) is 0.885. The van der Waals surface area contributed by atoms with Gasteiger partial charge in [0.1, 0.15) is 17.7 Å². The van der Waals surface area contributed by atoms with Gasteiger partial charge in [0.2, 0.25) is 0 Å². The zero-order chi connectivity index (χ0) is 13.9. The van der Waals surface area contributed by atoms with Crippen molar-refractivity contribution in [2.75, 3.05) is 0 Å². The molecule has 0 aromatic heterocycles. The van der Waals surface area contributed by atoms with Crippen LogP contribution in [0, 0.1) is 0 Å². The number of amidine groups is 1. The van der Waals surface area contributed by atoms with E-state index >= 15 is 0 Å². The summed E-state index contributed by atoms with van der Waals surface area (Å²) >= 11 is 6.07. The first-order valence-corrected chi connectivity index (χ1v) is 6.63. The molecule has 0 saturated carbocycles. The Hall–Kier alpha value is -2.04. The van der Waals surface area contributed by atoms with Crippen molar-refractivity contribution in [2.45, 2.75) is 12.5 Å². The fraction of sp³-hybridized carbons (Fsp3) is 0.133. The standard InChI is InChI=1S/C15H13ClN2O2/c16-12-3-1-2-4-13(12)17-15-9-14(20-18-15)10-5-7-11(19)8-6-10/h1-8,14,19H,9H2,(H,17,18). The highest BCUT2D eigenvalue weighted by atomic mass is 35.5. The Morgan fingerprint density at radius 1 is 1.15 bits per heavy atom. The third-order valence-electron chi connectivity index (χ3n) is 3.07. The first-order valence-electron chi connectivity index (χ1n) is 6.25. The van der Waals surface area contributed by atoms with E-state index in [1.54, 1.807) is 18.2 Å². The SMILES string of the molecule is Oc1ccc(C2CC(=Nc3ccccc3Cl)NO2)cc1. The van der Waals surface area contributed by atoms with E-state index in [2.05, 4.69) is 10.5 Å². The third-order valence-corrected chi connectivity index (χ3v) is 3.39. The minimum Gasteiger partial charge on any atom is -0.508 e. The molecule has 20 heavy (non-hydrogen) atoms. The summed E-state index contributed by atoms with van der Waals surface area (Å²) in [6.45, 7) is 0. The number of nitrogens with zero attached hydrogens (tertiary/aromatic N) is 1. The lowest BCUT2D eigenvalue weighted by atomic mass is 10.1. The summed E-state index contributed by atoms with van der Waals surface area (Å²) in [5.74, 6) is 0.973. The van der Waals surface area contributed by atoms with Gasteiger partial charge in [0.25, 0.3) is 0 Å². The van der Waals surface area contributed by atoms with Crippen LogP contribution in [0.3, 0.4) is 0 Å². The maximum Gasteiger partial charge on any atom is 0.129 e. The van der Waals surface area contributed by atoms with Crippen LogP contribution in [-0.4, -0.2) is 10.9 Å². The number of hydrogen-bond donors (Lipinski definition) is 2. The molecule has 1 unspecified atom stereocenters. The summed E-state index contributed by atoms with van der Waals surface area (Å²) in [4.78, 5) is 9.95. The highest BCUT2D eigenvalue weighted by Gasteiger charge is 2.23. The Morgan fingerprint density at radius 3 is 2.65 bits per heavy atom. The van der Waals surface area contributed by atoms with E-state index in [1.165, 1.54) is 0 Å². The van der Waals surface area contributed by atoms with Crippen molar-refractivity contribution >= 4 is 23.1 Å². The molecule has 3 rings (SSSR count). The Bertz CT molecular complexity index is 641. The van der Waals surface area contributed by atoms with Gasteiger partial charge in [0, 0.05) is 6.42 Å². The second kappa shape index (κ2) is 5.53. The molecule has 0 spiro atoms. The summed E-state index contributed by atoms with van der Waals surface area (Å²) in [7, 11) is 0. The first-order chi connectivity index (χ1) is 9.72. The Balaban J connectivity index is 1.77. The van der Waals surface area contributed by atoms with E-state index in [0.717, 1.165) is 11.4 Å². The van der Waals surface area contributed by atoms with E-state index in [0.29, 0.717) is 17.1 Å². The van der Waals surface area contributed by atoms with Gasteiger partial charge in [-0.2, -0.15) is 0 Å². The van der Waals surface area contributed by atoms with E-state index in [-0.39, 0.29) is 11.9 Å². The molecule has 0 radical (unpaired) electrons. The lowest BCUT2D eigenvalue weighted by molar-refractivity contribution is 0.0448. The molecule has 1 aliphatic heterocycles. The average molecular weight is 289 g/mol. The maximum atomic E-state index is 9.28. The predicted octanol–water partition coefficient (Wildman–Crippen LogP) is 3.74. The van der Waals surface area contributed by atoms with Crippen molar-refractivity contribution in [1.82, 2.24) is 5.48 Å². The predicted molar refractivity (Wildman–Crippen MR) is 78.2 cm³/mol. The number of benzene rings is 2. The van der Waals surface area contributed by atoms with Crippen LogP contribution in [0.25, 0.3) is 0 Å². The molecule has 2 aromatic rings. The van der Waals surface area contributed by atoms with Gasteiger partial charge >= 0.3 is 0 Å². The van der Waals surface area contributed by atoms with Crippen LogP contribution in [0.4, 0.5) is 5.69 Å². The smallest absolute Gasteiger partial charge is 0.129 e. The lowest BCUT2D eigenvalue weighted by Gasteiger charge is -2.06. The Labute approximate surface area is 121 Å². The minimum absolute atomic E-state index is 0.114. The van der Waals surface area contributed by atoms with Crippen molar-refractivity contribution in [3.8, 4) is 5.75 Å². The fourth-order valence-corrected chi connectivity index (χ4v) is 2.21. The zero-order valence-electron chi connectivity index (χ0n) is 10.6. The third kappa shape index (κ3) is 2.76. The van der Waals surface area contributed by atoms with Gasteiger partial charge in [0.15, 0.2) is 0 Å². The van der Waals surface area contributed by atoms with Crippen LogP contribution in [0.2, 0.25) is 5.02 Å². The second-order valence-electron chi connectivity index (χ2n) is 4.51. The summed E-state index contributed by atoms with van der Waals surface area (Å²) in [5, 5.41) is 9.89. The van der Waals surface area contributed by atoms with Crippen LogP contribution in [0.15, 0.2) is 53.5 Å². The van der Waals surface area contributed by atoms with Crippen LogP contribution in [0.1, 0.15) is 18.1 Å². The van der Waals surface area contributed by atoms with Crippen molar-refractivity contribution in [1.29, 1.82) is 0 Å². The minimum atomic E-state index is -0.114. The molecule has 2 aromatic carbocycles. The van der Waals surface area contributed by atoms with Crippen molar-refractivity contribution < 1.29 is 9.94 Å². The topological polar surface area (TPSA) is 53.9 Å². The monoisotopic (exact) mass is 288 g/mol. The second-order valence-corrected chi connectivity index (χ2v) is 4.92. The van der Waals surface area contributed by atoms with Crippen LogP contribution >= 0.6 is 11.6 Å². The van der Waals surface area contributed by atoms with Gasteiger partial charge in [0.05, 0.1) is 10.7 Å². The van der Waals surface area contributed by atoms with Gasteiger partial charge < -0.3 is 5.11 Å². The molecule has 1 heterocycles. The Kier molecular flexibility index (Phi) is 3.58. The van der Waals surface area contributed by atoms with E-state index in [9.17, 15) is 5.11 Å². The maximum absolute atomic E-state index is 9.28. The number of rotatable bonds is 2. The van der Waals surface area contributed by atoms with E-state index in [1.807, 2.05) is 30.3 Å². The highest BCUT2D eigenvalue weighted by molar-refractivity contribution is 6.33. The van der Waals surface area contributed by atoms with Crippen molar-refractivity contribution in [3.63, 3.8) is 0 Å². The number of phenolic OH excluding ortho intramolecular Hbond substituents is 1. The van der Waals surface area contributed by atoms with Gasteiger partial charge in [-0.25, -0.2) is 4.99 Å². The van der Waals surface area contributed by atoms with E-state index in [4.69, 9.17) is 16.4 Å². The number of aliphatic imine (C=N–C) groups is 1. The highest BCUT2D eigenvalue weighted by Crippen LogP contribution is 2.29. The molecule has 102 valence electrons. The number of halogens is 1. The first kappa shape index (κ1) is 13.0. The van der Waals surface area contributed by atoms with Crippen molar-refractivity contribution in [2.24, 2.45) is 4.99 Å². The molecule has 0 bridgehead atoms. The molecule has 5 heteroatoms. The van der Waals surface area contributed by atoms with E-state index < -0.39 is 0 Å². The molecular formula is C15H13ClN2O2. The normalized spacial score (nSPS) is 20.1. The molecule has 1 fully saturated rings. The number of hydroxylamine groups is 1. The summed E-state index contributed by atoms with van der Waals surface area (Å²) < 4.78 is 0. The van der Waals surface area contributed by atoms with Gasteiger partial charge in [-0.15, -0.1) is 0 Å². The molecule has 0 amide bonds. The summed E-state index contributed by atoms with van der Waals surface area (Å²) in [5.41, 5.74) is 4.52.